The molecular formula is C20H32F3IN4O2. The lowest BCUT2D eigenvalue weighted by Crippen LogP contribution is -2.49. The molecule has 0 bridgehead atoms. The zero-order chi connectivity index (χ0) is 21.4. The molecule has 1 fully saturated rings. The molecule has 0 amide bonds. The third-order valence-electron chi connectivity index (χ3n) is 4.90. The molecule has 2 rings (SSSR count). The summed E-state index contributed by atoms with van der Waals surface area (Å²) >= 11 is 0. The smallest absolute Gasteiger partial charge is 0.422 e. The second-order valence-electron chi connectivity index (χ2n) is 7.36. The SMILES string of the molecule is CN=C(NCc1ccc(OCC(F)(F)F)c(OC)c1)NC1CCN(C(C)C)CC1.I. The molecule has 0 aliphatic carbocycles. The van der Waals surface area contributed by atoms with E-state index in [0.29, 0.717) is 24.6 Å². The highest BCUT2D eigenvalue weighted by Gasteiger charge is 2.29. The van der Waals surface area contributed by atoms with Crippen molar-refractivity contribution in [1.82, 2.24) is 15.5 Å². The van der Waals surface area contributed by atoms with Crippen LogP contribution in [-0.4, -0.2) is 63.0 Å². The van der Waals surface area contributed by atoms with Gasteiger partial charge in [0.1, 0.15) is 0 Å². The third-order valence-corrected chi connectivity index (χ3v) is 4.90. The quantitative estimate of drug-likeness (QED) is 0.311. The van der Waals surface area contributed by atoms with Crippen LogP contribution in [0.15, 0.2) is 23.2 Å². The van der Waals surface area contributed by atoms with Crippen LogP contribution in [-0.2, 0) is 6.54 Å². The van der Waals surface area contributed by atoms with E-state index < -0.39 is 12.8 Å². The van der Waals surface area contributed by atoms with Gasteiger partial charge in [-0.2, -0.15) is 13.2 Å². The summed E-state index contributed by atoms with van der Waals surface area (Å²) in [7, 11) is 3.12. The van der Waals surface area contributed by atoms with Crippen molar-refractivity contribution in [2.45, 2.75) is 51.5 Å². The van der Waals surface area contributed by atoms with Crippen LogP contribution in [0.25, 0.3) is 0 Å². The van der Waals surface area contributed by atoms with Crippen LogP contribution in [0.2, 0.25) is 0 Å². The highest BCUT2D eigenvalue weighted by molar-refractivity contribution is 14.0. The van der Waals surface area contributed by atoms with Crippen molar-refractivity contribution in [2.24, 2.45) is 4.99 Å². The molecule has 0 saturated carbocycles. The summed E-state index contributed by atoms with van der Waals surface area (Å²) in [5, 5.41) is 6.69. The van der Waals surface area contributed by atoms with Gasteiger partial charge in [0.15, 0.2) is 24.1 Å². The number of guanidine groups is 1. The second-order valence-corrected chi connectivity index (χ2v) is 7.36. The lowest BCUT2D eigenvalue weighted by Gasteiger charge is -2.35. The Morgan fingerprint density at radius 2 is 1.90 bits per heavy atom. The van der Waals surface area contributed by atoms with Gasteiger partial charge in [-0.1, -0.05) is 6.07 Å². The number of aliphatic imine (C=N–C) groups is 1. The van der Waals surface area contributed by atoms with Crippen LogP contribution in [0.1, 0.15) is 32.3 Å². The van der Waals surface area contributed by atoms with Crippen molar-refractivity contribution in [2.75, 3.05) is 33.9 Å². The molecule has 172 valence electrons. The van der Waals surface area contributed by atoms with Crippen molar-refractivity contribution < 1.29 is 22.6 Å². The molecule has 1 aromatic carbocycles. The fraction of sp³-hybridized carbons (Fsp3) is 0.650. The van der Waals surface area contributed by atoms with Gasteiger partial charge in [0, 0.05) is 38.8 Å². The summed E-state index contributed by atoms with van der Waals surface area (Å²) in [5.41, 5.74) is 0.846. The molecular weight excluding hydrogens is 512 g/mol. The minimum Gasteiger partial charge on any atom is -0.493 e. The number of methoxy groups -OCH3 is 1. The second kappa shape index (κ2) is 12.4. The van der Waals surface area contributed by atoms with Gasteiger partial charge >= 0.3 is 6.18 Å². The molecule has 0 radical (unpaired) electrons. The first-order chi connectivity index (χ1) is 13.7. The van der Waals surface area contributed by atoms with E-state index in [1.54, 1.807) is 19.2 Å². The molecule has 1 aliphatic heterocycles. The van der Waals surface area contributed by atoms with Crippen molar-refractivity contribution >= 4 is 29.9 Å². The predicted octanol–water partition coefficient (Wildman–Crippen LogP) is 3.79. The summed E-state index contributed by atoms with van der Waals surface area (Å²) < 4.78 is 47.1. The number of hydrogen-bond donors (Lipinski definition) is 2. The Hall–Kier alpha value is -1.43. The van der Waals surface area contributed by atoms with Gasteiger partial charge in [-0.25, -0.2) is 0 Å². The molecule has 0 unspecified atom stereocenters. The Bertz CT molecular complexity index is 679. The molecule has 1 aromatic rings. The monoisotopic (exact) mass is 544 g/mol. The highest BCUT2D eigenvalue weighted by Crippen LogP contribution is 2.29. The van der Waals surface area contributed by atoms with Gasteiger partial charge in [0.05, 0.1) is 7.11 Å². The van der Waals surface area contributed by atoms with E-state index >= 15 is 0 Å². The van der Waals surface area contributed by atoms with Crippen LogP contribution >= 0.6 is 24.0 Å². The zero-order valence-electron chi connectivity index (χ0n) is 17.9. The van der Waals surface area contributed by atoms with Gasteiger partial charge in [-0.3, -0.25) is 4.99 Å². The zero-order valence-corrected chi connectivity index (χ0v) is 20.2. The molecule has 2 N–H and O–H groups in total. The van der Waals surface area contributed by atoms with Crippen molar-refractivity contribution in [1.29, 1.82) is 0 Å². The molecule has 0 spiro atoms. The lowest BCUT2D eigenvalue weighted by molar-refractivity contribution is -0.153. The van der Waals surface area contributed by atoms with E-state index in [4.69, 9.17) is 9.47 Å². The van der Waals surface area contributed by atoms with Crippen LogP contribution in [0.5, 0.6) is 11.5 Å². The minimum absolute atomic E-state index is 0. The Morgan fingerprint density at radius 1 is 1.23 bits per heavy atom. The first-order valence-corrected chi connectivity index (χ1v) is 9.79. The average Bonchev–Trinajstić information content (AvgIpc) is 2.69. The van der Waals surface area contributed by atoms with Crippen molar-refractivity contribution in [3.05, 3.63) is 23.8 Å². The van der Waals surface area contributed by atoms with Crippen LogP contribution in [0, 0.1) is 0 Å². The number of likely N-dealkylation sites (tertiary alicyclic amines) is 1. The van der Waals surface area contributed by atoms with Gasteiger partial charge in [-0.15, -0.1) is 24.0 Å². The summed E-state index contributed by atoms with van der Waals surface area (Å²) in [6.45, 7) is 5.64. The maximum Gasteiger partial charge on any atom is 0.422 e. The summed E-state index contributed by atoms with van der Waals surface area (Å²) in [4.78, 5) is 6.73. The van der Waals surface area contributed by atoms with E-state index in [1.165, 1.54) is 13.2 Å². The number of ether oxygens (including phenoxy) is 2. The Morgan fingerprint density at radius 3 is 2.43 bits per heavy atom. The molecule has 10 heteroatoms. The van der Waals surface area contributed by atoms with Gasteiger partial charge < -0.3 is 25.0 Å². The Balaban J connectivity index is 0.00000450. The maximum absolute atomic E-state index is 12.4. The van der Waals surface area contributed by atoms with E-state index in [-0.39, 0.29) is 35.5 Å². The third kappa shape index (κ3) is 8.75. The number of nitrogens with zero attached hydrogens (tertiary/aromatic N) is 2. The largest absolute Gasteiger partial charge is 0.493 e. The van der Waals surface area contributed by atoms with Gasteiger partial charge in [0.2, 0.25) is 0 Å². The van der Waals surface area contributed by atoms with E-state index in [1.807, 2.05) is 0 Å². The van der Waals surface area contributed by atoms with Crippen molar-refractivity contribution in [3.8, 4) is 11.5 Å². The number of piperidine rings is 1. The fourth-order valence-corrected chi connectivity index (χ4v) is 3.23. The molecule has 1 heterocycles. The van der Waals surface area contributed by atoms with E-state index in [2.05, 4.69) is 34.4 Å². The predicted molar refractivity (Wildman–Crippen MR) is 123 cm³/mol. The van der Waals surface area contributed by atoms with Crippen LogP contribution in [0.3, 0.4) is 0 Å². The number of benzene rings is 1. The lowest BCUT2D eigenvalue weighted by atomic mass is 10.0. The molecule has 1 aliphatic rings. The van der Waals surface area contributed by atoms with Crippen LogP contribution in [0.4, 0.5) is 13.2 Å². The average molecular weight is 544 g/mol. The number of rotatable bonds is 7. The number of nitrogens with one attached hydrogen (secondary N) is 2. The first kappa shape index (κ1) is 26.6. The molecule has 0 atom stereocenters. The summed E-state index contributed by atoms with van der Waals surface area (Å²) in [6.07, 6.45) is -2.29. The van der Waals surface area contributed by atoms with E-state index in [0.717, 1.165) is 31.5 Å². The molecule has 1 saturated heterocycles. The number of halogens is 4. The minimum atomic E-state index is -4.39. The number of alkyl halides is 3. The van der Waals surface area contributed by atoms with Crippen LogP contribution < -0.4 is 20.1 Å². The van der Waals surface area contributed by atoms with Crippen molar-refractivity contribution in [3.63, 3.8) is 0 Å². The van der Waals surface area contributed by atoms with Gasteiger partial charge in [0.25, 0.3) is 0 Å². The normalized spacial score (nSPS) is 16.2. The first-order valence-electron chi connectivity index (χ1n) is 9.79. The molecule has 0 aromatic heterocycles. The Kier molecular flexibility index (Phi) is 11.0. The highest BCUT2D eigenvalue weighted by atomic mass is 127. The molecule has 6 nitrogen and oxygen atoms in total. The van der Waals surface area contributed by atoms with Gasteiger partial charge in [-0.05, 0) is 44.4 Å². The number of hydrogen-bond acceptors (Lipinski definition) is 4. The summed E-state index contributed by atoms with van der Waals surface area (Å²) in [6, 6.07) is 5.78. The maximum atomic E-state index is 12.4. The fourth-order valence-electron chi connectivity index (χ4n) is 3.23. The topological polar surface area (TPSA) is 58.1 Å². The molecule has 30 heavy (non-hydrogen) atoms. The Labute approximate surface area is 193 Å². The standard InChI is InChI=1S/C20H31F3N4O2.HI/c1-14(2)27-9-7-16(8-10-27)26-19(24-3)25-12-15-5-6-17(18(11-15)28-4)29-13-20(21,22)23;/h5-6,11,14,16H,7-10,12-13H2,1-4H3,(H2,24,25,26);1H. The van der Waals surface area contributed by atoms with E-state index in [9.17, 15) is 13.2 Å². The summed E-state index contributed by atoms with van der Waals surface area (Å²) in [5.74, 6) is 1.02.